The standard InChI is InChI=1S/C6H10O4.2CH3.Sn/c7-5(8)3-1-2-4-6(9)10;;;/h1-4H2,(H,7,8)(H,9,10);2*1H3;/q;;;+2/p-2. The summed E-state index contributed by atoms with van der Waals surface area (Å²) in [4.78, 5) is 24.1. The third-order valence-corrected chi connectivity index (χ3v) is 1.01. The van der Waals surface area contributed by atoms with E-state index in [0.717, 1.165) is 0 Å². The number of carboxylic acid groups (broad SMARTS) is 2. The van der Waals surface area contributed by atoms with Crippen LogP contribution in [-0.2, 0) is 9.59 Å². The fraction of sp³-hybridized carbons (Fsp3) is 0.750. The summed E-state index contributed by atoms with van der Waals surface area (Å²) in [6.07, 6.45) is 0.535. The van der Waals surface area contributed by atoms with Gasteiger partial charge in [0.15, 0.2) is 0 Å². The van der Waals surface area contributed by atoms with Gasteiger partial charge < -0.3 is 19.8 Å². The Hall–Kier alpha value is -0.261. The number of rotatable bonds is 5. The summed E-state index contributed by atoms with van der Waals surface area (Å²) in [5.41, 5.74) is 0. The third-order valence-electron chi connectivity index (χ3n) is 1.01. The molecular formula is C8H14O4Sn. The van der Waals surface area contributed by atoms with Crippen molar-refractivity contribution in [3.05, 3.63) is 0 Å². The molecule has 0 saturated carbocycles. The van der Waals surface area contributed by atoms with Crippen molar-refractivity contribution in [2.45, 2.75) is 35.6 Å². The van der Waals surface area contributed by atoms with E-state index in [1.165, 1.54) is 0 Å². The van der Waals surface area contributed by atoms with Gasteiger partial charge in [-0.2, -0.15) is 0 Å². The second kappa shape index (κ2) is 11.7. The predicted octanol–water partition coefficient (Wildman–Crippen LogP) is -1.17. The van der Waals surface area contributed by atoms with E-state index >= 15 is 0 Å². The molecular weight excluding hydrogens is 279 g/mol. The first kappa shape index (κ1) is 15.2. The van der Waals surface area contributed by atoms with E-state index in [2.05, 4.69) is 9.88 Å². The summed E-state index contributed by atoms with van der Waals surface area (Å²) in [5, 5.41) is 19.5. The van der Waals surface area contributed by atoms with Gasteiger partial charge in [0.25, 0.3) is 0 Å². The number of unbranched alkanes of at least 4 members (excludes halogenated alkanes) is 1. The normalized spacial score (nSPS) is 7.85. The molecule has 0 aliphatic rings. The number of hydrogen-bond donors (Lipinski definition) is 0. The van der Waals surface area contributed by atoms with Crippen LogP contribution in [0.1, 0.15) is 25.7 Å². The first-order valence-corrected chi connectivity index (χ1v) is 9.73. The van der Waals surface area contributed by atoms with Crippen LogP contribution in [0.3, 0.4) is 0 Å². The molecule has 0 bridgehead atoms. The Balaban J connectivity index is 0. The molecule has 0 aliphatic carbocycles. The molecule has 0 aromatic rings. The van der Waals surface area contributed by atoms with E-state index in [9.17, 15) is 19.8 Å². The molecule has 0 atom stereocenters. The molecule has 13 heavy (non-hydrogen) atoms. The molecule has 4 nitrogen and oxygen atoms in total. The fourth-order valence-electron chi connectivity index (χ4n) is 0.539. The molecule has 0 radical (unpaired) electrons. The maximum atomic E-state index is 9.77. The van der Waals surface area contributed by atoms with Gasteiger partial charge in [-0.15, -0.1) is 0 Å². The topological polar surface area (TPSA) is 80.3 Å². The molecule has 0 heterocycles. The molecule has 0 aliphatic heterocycles. The Kier molecular flexibility index (Phi) is 13.7. The van der Waals surface area contributed by atoms with E-state index < -0.39 is 11.9 Å². The molecule has 0 amide bonds. The molecule has 0 N–H and O–H groups in total. The van der Waals surface area contributed by atoms with Crippen LogP contribution in [0, 0.1) is 0 Å². The van der Waals surface area contributed by atoms with Gasteiger partial charge in [0, 0.05) is 11.9 Å². The van der Waals surface area contributed by atoms with E-state index in [1.54, 1.807) is 0 Å². The van der Waals surface area contributed by atoms with E-state index in [4.69, 9.17) is 0 Å². The van der Waals surface area contributed by atoms with Gasteiger partial charge in [0.05, 0.1) is 0 Å². The van der Waals surface area contributed by atoms with Gasteiger partial charge in [0.1, 0.15) is 0 Å². The first-order valence-electron chi connectivity index (χ1n) is 4.02. The van der Waals surface area contributed by atoms with E-state index in [1.807, 2.05) is 0 Å². The van der Waals surface area contributed by atoms with Gasteiger partial charge in [-0.25, -0.2) is 0 Å². The van der Waals surface area contributed by atoms with Crippen molar-refractivity contribution in [1.29, 1.82) is 0 Å². The summed E-state index contributed by atoms with van der Waals surface area (Å²) in [6.45, 7) is 0. The molecule has 0 aromatic heterocycles. The van der Waals surface area contributed by atoms with Gasteiger partial charge >= 0.3 is 31.0 Å². The van der Waals surface area contributed by atoms with Crippen molar-refractivity contribution < 1.29 is 19.8 Å². The van der Waals surface area contributed by atoms with Crippen molar-refractivity contribution in [2.75, 3.05) is 0 Å². The average molecular weight is 293 g/mol. The van der Waals surface area contributed by atoms with Gasteiger partial charge in [-0.1, -0.05) is 0 Å². The molecule has 0 rings (SSSR count). The molecule has 0 fully saturated rings. The van der Waals surface area contributed by atoms with Crippen LogP contribution < -0.4 is 10.2 Å². The molecule has 0 spiro atoms. The van der Waals surface area contributed by atoms with E-state index in [0.29, 0.717) is 12.8 Å². The minimum absolute atomic E-state index is 0.0761. The summed E-state index contributed by atoms with van der Waals surface area (Å²) >= 11 is 0.230. The summed E-state index contributed by atoms with van der Waals surface area (Å²) in [6, 6.07) is 0. The summed E-state index contributed by atoms with van der Waals surface area (Å²) in [5.74, 6) is -2.28. The molecule has 0 saturated heterocycles. The van der Waals surface area contributed by atoms with Crippen LogP contribution in [0.15, 0.2) is 0 Å². The molecule has 0 aromatic carbocycles. The Morgan fingerprint density at radius 1 is 1.00 bits per heavy atom. The van der Waals surface area contributed by atoms with Gasteiger partial charge in [0.2, 0.25) is 0 Å². The number of carbonyl (C=O) groups excluding carboxylic acids is 2. The third kappa shape index (κ3) is 24.5. The zero-order valence-corrected chi connectivity index (χ0v) is 10.8. The monoisotopic (exact) mass is 294 g/mol. The SMILES string of the molecule is O=C([O-])CCCCC(=O)[O-].[CH3][Sn+2][CH3]. The zero-order valence-electron chi connectivity index (χ0n) is 7.96. The van der Waals surface area contributed by atoms with Crippen LogP contribution in [-0.4, -0.2) is 33.1 Å². The number of carbonyl (C=O) groups is 2. The minimum atomic E-state index is -1.14. The van der Waals surface area contributed by atoms with Gasteiger partial charge in [-0.05, 0) is 25.7 Å². The Labute approximate surface area is 88.6 Å². The molecule has 74 valence electrons. The molecule has 0 unspecified atom stereocenters. The van der Waals surface area contributed by atoms with E-state index in [-0.39, 0.29) is 34.0 Å². The predicted molar refractivity (Wildman–Crippen MR) is 46.0 cm³/mol. The summed E-state index contributed by atoms with van der Waals surface area (Å²) < 4.78 is 0. The second-order valence-corrected chi connectivity index (χ2v) is 5.31. The number of hydrogen-bond acceptors (Lipinski definition) is 4. The molecule has 5 heteroatoms. The van der Waals surface area contributed by atoms with Crippen LogP contribution in [0.4, 0.5) is 0 Å². The Bertz CT molecular complexity index is 131. The van der Waals surface area contributed by atoms with Crippen molar-refractivity contribution in [2.24, 2.45) is 0 Å². The number of carboxylic acids is 2. The van der Waals surface area contributed by atoms with Crippen molar-refractivity contribution in [3.63, 3.8) is 0 Å². The second-order valence-electron chi connectivity index (χ2n) is 2.45. The van der Waals surface area contributed by atoms with Crippen LogP contribution in [0.25, 0.3) is 0 Å². The van der Waals surface area contributed by atoms with Crippen LogP contribution >= 0.6 is 0 Å². The van der Waals surface area contributed by atoms with Crippen LogP contribution in [0.2, 0.25) is 9.88 Å². The number of aliphatic carboxylic acids is 2. The Morgan fingerprint density at radius 2 is 1.23 bits per heavy atom. The van der Waals surface area contributed by atoms with Crippen molar-refractivity contribution in [1.82, 2.24) is 0 Å². The first-order chi connectivity index (χ1) is 6.04. The van der Waals surface area contributed by atoms with Gasteiger partial charge in [-0.3, -0.25) is 0 Å². The maximum absolute atomic E-state index is 9.77. The fourth-order valence-corrected chi connectivity index (χ4v) is 0.539. The summed E-state index contributed by atoms with van der Waals surface area (Å²) in [7, 11) is 0. The van der Waals surface area contributed by atoms with Crippen molar-refractivity contribution >= 4 is 33.1 Å². The zero-order chi connectivity index (χ0) is 10.7. The van der Waals surface area contributed by atoms with Crippen molar-refractivity contribution in [3.8, 4) is 0 Å². The quantitative estimate of drug-likeness (QED) is 0.473. The van der Waals surface area contributed by atoms with Crippen LogP contribution in [0.5, 0.6) is 0 Å². The average Bonchev–Trinajstić information content (AvgIpc) is 1.99. The Morgan fingerprint density at radius 3 is 1.38 bits per heavy atom.